The summed E-state index contributed by atoms with van der Waals surface area (Å²) in [5.41, 5.74) is -1.43. The van der Waals surface area contributed by atoms with E-state index in [0.717, 1.165) is 11.1 Å². The first kappa shape index (κ1) is 34.4. The molecular weight excluding hydrogens is 611 g/mol. The average molecular weight is 654 g/mol. The third kappa shape index (κ3) is 8.33. The SMILES string of the molecule is COc1cc(F)cc(CN(Cc2cccc(CC(F)(C(=O)O)[C@H]3CCNC3)c2)Cc2cccc(CC(F)(C(=O)O)[C@H]3CCNC3)c2)c1. The first-order valence-electron chi connectivity index (χ1n) is 16.0. The van der Waals surface area contributed by atoms with Crippen molar-refractivity contribution >= 4 is 11.9 Å². The molecule has 0 aromatic heterocycles. The summed E-state index contributed by atoms with van der Waals surface area (Å²) < 4.78 is 51.6. The number of methoxy groups -OCH3 is 1. The van der Waals surface area contributed by atoms with Crippen LogP contribution in [-0.4, -0.2) is 71.7 Å². The van der Waals surface area contributed by atoms with E-state index in [1.807, 2.05) is 17.0 Å². The maximum Gasteiger partial charge on any atom is 0.342 e. The zero-order valence-corrected chi connectivity index (χ0v) is 26.5. The largest absolute Gasteiger partial charge is 0.497 e. The van der Waals surface area contributed by atoms with Crippen molar-refractivity contribution in [1.82, 2.24) is 15.5 Å². The first-order chi connectivity index (χ1) is 22.5. The van der Waals surface area contributed by atoms with Crippen LogP contribution >= 0.6 is 0 Å². The molecule has 0 aliphatic carbocycles. The number of hydrogen-bond donors (Lipinski definition) is 4. The average Bonchev–Trinajstić information content (AvgIpc) is 3.77. The number of alkyl halides is 2. The number of carboxylic acids is 2. The lowest BCUT2D eigenvalue weighted by molar-refractivity contribution is -0.155. The van der Waals surface area contributed by atoms with Gasteiger partial charge in [-0.2, -0.15) is 0 Å². The minimum atomic E-state index is -2.41. The molecule has 4 N–H and O–H groups in total. The van der Waals surface area contributed by atoms with Gasteiger partial charge in [-0.15, -0.1) is 0 Å². The molecule has 0 spiro atoms. The highest BCUT2D eigenvalue weighted by molar-refractivity contribution is 5.79. The van der Waals surface area contributed by atoms with Gasteiger partial charge in [-0.05, 0) is 65.9 Å². The molecule has 4 atom stereocenters. The Morgan fingerprint density at radius 2 is 1.23 bits per heavy atom. The second-order valence-electron chi connectivity index (χ2n) is 12.9. The zero-order chi connectivity index (χ0) is 33.6. The summed E-state index contributed by atoms with van der Waals surface area (Å²) in [6.45, 7) is 2.76. The van der Waals surface area contributed by atoms with Crippen LogP contribution in [-0.2, 0) is 42.1 Å². The Hall–Kier alpha value is -3.93. The van der Waals surface area contributed by atoms with Crippen molar-refractivity contribution in [2.24, 2.45) is 11.8 Å². The topological polar surface area (TPSA) is 111 Å². The summed E-state index contributed by atoms with van der Waals surface area (Å²) in [5, 5.41) is 25.8. The van der Waals surface area contributed by atoms with Crippen LogP contribution in [0.15, 0.2) is 66.7 Å². The fraction of sp³-hybridized carbons (Fsp3) is 0.444. The maximum atomic E-state index is 15.9. The Labute approximate surface area is 272 Å². The lowest BCUT2D eigenvalue weighted by Crippen LogP contribution is -2.44. The third-order valence-electron chi connectivity index (χ3n) is 9.42. The second-order valence-corrected chi connectivity index (χ2v) is 12.9. The molecule has 0 saturated carbocycles. The minimum Gasteiger partial charge on any atom is -0.497 e. The van der Waals surface area contributed by atoms with E-state index in [0.29, 0.717) is 81.1 Å². The van der Waals surface area contributed by atoms with Crippen LogP contribution in [0.1, 0.15) is 40.7 Å². The van der Waals surface area contributed by atoms with Gasteiger partial charge in [0.15, 0.2) is 0 Å². The van der Waals surface area contributed by atoms with Crippen LogP contribution in [0.2, 0.25) is 0 Å². The van der Waals surface area contributed by atoms with Crippen LogP contribution in [0.5, 0.6) is 5.75 Å². The molecule has 0 bridgehead atoms. The van der Waals surface area contributed by atoms with Crippen molar-refractivity contribution < 1.29 is 37.7 Å². The normalized spacial score (nSPS) is 20.5. The number of ether oxygens (including phenoxy) is 1. The van der Waals surface area contributed by atoms with E-state index in [1.54, 1.807) is 42.5 Å². The fourth-order valence-electron chi connectivity index (χ4n) is 6.92. The van der Waals surface area contributed by atoms with Crippen LogP contribution < -0.4 is 15.4 Å². The first-order valence-corrected chi connectivity index (χ1v) is 16.0. The number of benzene rings is 3. The lowest BCUT2D eigenvalue weighted by Gasteiger charge is -2.28. The van der Waals surface area contributed by atoms with Crippen molar-refractivity contribution in [1.29, 1.82) is 0 Å². The highest BCUT2D eigenvalue weighted by Gasteiger charge is 2.48. The number of halogens is 3. The summed E-state index contributed by atoms with van der Waals surface area (Å²) in [5.74, 6) is -4.29. The zero-order valence-electron chi connectivity index (χ0n) is 26.5. The molecular formula is C36H42F3N3O5. The summed E-state index contributed by atoms with van der Waals surface area (Å²) in [6.07, 6.45) is 0.355. The predicted octanol–water partition coefficient (Wildman–Crippen LogP) is 4.93. The van der Waals surface area contributed by atoms with Gasteiger partial charge in [-0.1, -0.05) is 48.5 Å². The molecule has 2 heterocycles. The third-order valence-corrected chi connectivity index (χ3v) is 9.42. The molecule has 0 amide bonds. The van der Waals surface area contributed by atoms with Gasteiger partial charge in [-0.25, -0.2) is 22.8 Å². The number of carbonyl (C=O) groups is 2. The number of carboxylic acid groups (broad SMARTS) is 2. The van der Waals surface area contributed by atoms with Gasteiger partial charge in [0.05, 0.1) is 7.11 Å². The van der Waals surface area contributed by atoms with Crippen molar-refractivity contribution in [2.45, 2.75) is 56.7 Å². The molecule has 2 aliphatic heterocycles. The Balaban J connectivity index is 1.40. The Morgan fingerprint density at radius 3 is 1.66 bits per heavy atom. The highest BCUT2D eigenvalue weighted by Crippen LogP contribution is 2.34. The number of nitrogens with zero attached hydrogens (tertiary/aromatic N) is 1. The summed E-state index contributed by atoms with van der Waals surface area (Å²) in [4.78, 5) is 26.2. The van der Waals surface area contributed by atoms with Crippen molar-refractivity contribution in [3.05, 3.63) is 100 Å². The molecule has 3 aromatic carbocycles. The molecule has 5 rings (SSSR count). The smallest absolute Gasteiger partial charge is 0.342 e. The number of rotatable bonds is 15. The molecule has 11 heteroatoms. The second kappa shape index (κ2) is 14.9. The number of aliphatic carboxylic acids is 2. The van der Waals surface area contributed by atoms with Gasteiger partial charge in [0.25, 0.3) is 0 Å². The fourth-order valence-corrected chi connectivity index (χ4v) is 6.92. The molecule has 2 saturated heterocycles. The van der Waals surface area contributed by atoms with Gasteiger partial charge in [0, 0.05) is 63.5 Å². The van der Waals surface area contributed by atoms with E-state index in [2.05, 4.69) is 10.6 Å². The number of nitrogens with one attached hydrogen (secondary N) is 2. The lowest BCUT2D eigenvalue weighted by atomic mass is 9.83. The summed E-state index contributed by atoms with van der Waals surface area (Å²) >= 11 is 0. The Morgan fingerprint density at radius 1 is 0.766 bits per heavy atom. The van der Waals surface area contributed by atoms with E-state index in [-0.39, 0.29) is 12.8 Å². The minimum absolute atomic E-state index is 0.267. The van der Waals surface area contributed by atoms with E-state index in [9.17, 15) is 24.2 Å². The van der Waals surface area contributed by atoms with Gasteiger partial charge in [0.1, 0.15) is 11.6 Å². The van der Waals surface area contributed by atoms with Crippen LogP contribution in [0.25, 0.3) is 0 Å². The molecule has 3 aromatic rings. The Bertz CT molecular complexity index is 1470. The van der Waals surface area contributed by atoms with Gasteiger partial charge in [-0.3, -0.25) is 4.90 Å². The number of hydrogen-bond acceptors (Lipinski definition) is 6. The van der Waals surface area contributed by atoms with Gasteiger partial charge < -0.3 is 25.6 Å². The monoisotopic (exact) mass is 653 g/mol. The maximum absolute atomic E-state index is 15.9. The van der Waals surface area contributed by atoms with Gasteiger partial charge >= 0.3 is 11.9 Å². The van der Waals surface area contributed by atoms with E-state index in [1.165, 1.54) is 19.2 Å². The quantitative estimate of drug-likeness (QED) is 0.183. The van der Waals surface area contributed by atoms with E-state index < -0.39 is 40.9 Å². The van der Waals surface area contributed by atoms with Crippen molar-refractivity contribution in [2.75, 3.05) is 33.3 Å². The molecule has 252 valence electrons. The Kier molecular flexibility index (Phi) is 10.9. The van der Waals surface area contributed by atoms with Gasteiger partial charge in [0.2, 0.25) is 11.3 Å². The predicted molar refractivity (Wildman–Crippen MR) is 171 cm³/mol. The molecule has 8 nitrogen and oxygen atoms in total. The van der Waals surface area contributed by atoms with Crippen molar-refractivity contribution in [3.63, 3.8) is 0 Å². The van der Waals surface area contributed by atoms with Crippen LogP contribution in [0.3, 0.4) is 0 Å². The van der Waals surface area contributed by atoms with Crippen LogP contribution in [0, 0.1) is 17.7 Å². The van der Waals surface area contributed by atoms with E-state index >= 15 is 8.78 Å². The van der Waals surface area contributed by atoms with Crippen molar-refractivity contribution in [3.8, 4) is 5.75 Å². The molecule has 2 unspecified atom stereocenters. The van der Waals surface area contributed by atoms with Crippen LogP contribution in [0.4, 0.5) is 13.2 Å². The summed E-state index contributed by atoms with van der Waals surface area (Å²) in [6, 6.07) is 18.8. The highest BCUT2D eigenvalue weighted by atomic mass is 19.1. The molecule has 47 heavy (non-hydrogen) atoms. The molecule has 2 fully saturated rings. The summed E-state index contributed by atoms with van der Waals surface area (Å²) in [7, 11) is 1.46. The van der Waals surface area contributed by atoms with E-state index in [4.69, 9.17) is 4.74 Å². The molecule has 2 aliphatic rings. The molecule has 0 radical (unpaired) electrons. The standard InChI is InChI=1S/C36H42F3N3O5/c1-47-32-15-28(14-31(37)16-32)23-42(21-26-6-2-4-24(12-26)17-35(38,33(43)44)29-8-10-40-19-29)22-27-7-3-5-25(13-27)18-36(39,34(45)46)30-9-11-41-20-30/h2-7,12-16,29-30,40-41H,8-11,17-23H2,1H3,(H,43,44)(H,45,46)/t29-,30-,35?,36?/m0/s1.